The van der Waals surface area contributed by atoms with Crippen LogP contribution in [0.3, 0.4) is 0 Å². The molecule has 0 saturated carbocycles. The van der Waals surface area contributed by atoms with Gasteiger partial charge in [0, 0.05) is 5.56 Å². The number of thiocarbonyl (C=S) groups is 1. The molecule has 19 heavy (non-hydrogen) atoms. The molecule has 0 aromatic heterocycles. The van der Waals surface area contributed by atoms with Gasteiger partial charge in [0.2, 0.25) is 0 Å². The number of nitrogens with one attached hydrogen (secondary N) is 1. The number of nitrogens with zero attached hydrogens (tertiary/aromatic N) is 1. The number of hydrogen-bond acceptors (Lipinski definition) is 5. The zero-order chi connectivity index (χ0) is 14.3. The summed E-state index contributed by atoms with van der Waals surface area (Å²) in [4.78, 5) is 11.4. The molecule has 0 aliphatic rings. The fourth-order valence-corrected chi connectivity index (χ4v) is 1.38. The Kier molecular flexibility index (Phi) is 5.74. The number of hydrogen-bond donors (Lipinski definition) is 2. The Morgan fingerprint density at radius 2 is 2.32 bits per heavy atom. The first-order valence-electron chi connectivity index (χ1n) is 5.52. The molecule has 0 fully saturated rings. The molecule has 0 spiro atoms. The number of nitrogens with two attached hydrogens (primary N) is 1. The molecule has 0 saturated heterocycles. The highest BCUT2D eigenvalue weighted by atomic mass is 32.1. The number of rotatable bonds is 5. The van der Waals surface area contributed by atoms with Gasteiger partial charge >= 0.3 is 5.97 Å². The normalized spacial score (nSPS) is 10.2. The molecule has 0 aliphatic carbocycles. The average Bonchev–Trinajstić information content (AvgIpc) is 2.39. The lowest BCUT2D eigenvalue weighted by Crippen LogP contribution is -2.24. The van der Waals surface area contributed by atoms with E-state index in [1.807, 2.05) is 6.92 Å². The highest BCUT2D eigenvalue weighted by Gasteiger charge is 2.09. The molecule has 6 nitrogen and oxygen atoms in total. The first-order valence-corrected chi connectivity index (χ1v) is 5.93. The van der Waals surface area contributed by atoms with Crippen molar-refractivity contribution < 1.29 is 14.3 Å². The largest absolute Gasteiger partial charge is 0.493 e. The Morgan fingerprint density at radius 3 is 2.89 bits per heavy atom. The topological polar surface area (TPSA) is 85.9 Å². The second-order valence-electron chi connectivity index (χ2n) is 3.41. The van der Waals surface area contributed by atoms with Crippen molar-refractivity contribution in [3.63, 3.8) is 0 Å². The predicted molar refractivity (Wildman–Crippen MR) is 76.5 cm³/mol. The minimum atomic E-state index is -0.425. The summed E-state index contributed by atoms with van der Waals surface area (Å²) in [6, 6.07) is 4.91. The Morgan fingerprint density at radius 1 is 1.58 bits per heavy atom. The molecule has 0 unspecified atom stereocenters. The summed E-state index contributed by atoms with van der Waals surface area (Å²) in [7, 11) is 1.32. The van der Waals surface area contributed by atoms with Gasteiger partial charge in [0.1, 0.15) is 5.75 Å². The SMILES string of the molecule is CCOc1cc(C(=O)OC)ccc1C=NNC(N)=S. The van der Waals surface area contributed by atoms with Crippen LogP contribution in [0.5, 0.6) is 5.75 Å². The molecule has 1 aromatic rings. The fraction of sp³-hybridized carbons (Fsp3) is 0.250. The van der Waals surface area contributed by atoms with Crippen molar-refractivity contribution in [2.24, 2.45) is 10.8 Å². The van der Waals surface area contributed by atoms with Crippen LogP contribution in [0.15, 0.2) is 23.3 Å². The second-order valence-corrected chi connectivity index (χ2v) is 3.85. The summed E-state index contributed by atoms with van der Waals surface area (Å²) in [5.41, 5.74) is 8.79. The first-order chi connectivity index (χ1) is 9.08. The van der Waals surface area contributed by atoms with Crippen LogP contribution in [0, 0.1) is 0 Å². The molecule has 0 aliphatic heterocycles. The number of carbonyl (C=O) groups excluding carboxylic acids is 1. The van der Waals surface area contributed by atoms with Gasteiger partial charge < -0.3 is 15.2 Å². The summed E-state index contributed by atoms with van der Waals surface area (Å²) < 4.78 is 10.1. The van der Waals surface area contributed by atoms with Crippen LogP contribution >= 0.6 is 12.2 Å². The molecule has 1 aromatic carbocycles. The van der Waals surface area contributed by atoms with Gasteiger partial charge in [-0.05, 0) is 37.3 Å². The van der Waals surface area contributed by atoms with E-state index in [1.165, 1.54) is 13.3 Å². The third-order valence-electron chi connectivity index (χ3n) is 2.11. The van der Waals surface area contributed by atoms with Gasteiger partial charge in [-0.25, -0.2) is 4.79 Å². The summed E-state index contributed by atoms with van der Waals surface area (Å²) in [5, 5.41) is 3.91. The van der Waals surface area contributed by atoms with E-state index >= 15 is 0 Å². The highest BCUT2D eigenvalue weighted by Crippen LogP contribution is 2.19. The number of ether oxygens (including phenoxy) is 2. The monoisotopic (exact) mass is 281 g/mol. The lowest BCUT2D eigenvalue weighted by Gasteiger charge is -2.08. The van der Waals surface area contributed by atoms with E-state index in [9.17, 15) is 4.79 Å². The zero-order valence-electron chi connectivity index (χ0n) is 10.7. The third kappa shape index (κ3) is 4.55. The Labute approximate surface area is 116 Å². The third-order valence-corrected chi connectivity index (χ3v) is 2.20. The van der Waals surface area contributed by atoms with Gasteiger partial charge in [-0.2, -0.15) is 5.10 Å². The minimum Gasteiger partial charge on any atom is -0.493 e. The number of benzene rings is 1. The van der Waals surface area contributed by atoms with Gasteiger partial charge in [-0.1, -0.05) is 0 Å². The molecule has 0 heterocycles. The van der Waals surface area contributed by atoms with Crippen LogP contribution < -0.4 is 15.9 Å². The van der Waals surface area contributed by atoms with Crippen molar-refractivity contribution in [2.45, 2.75) is 6.92 Å². The molecular formula is C12H15N3O3S. The van der Waals surface area contributed by atoms with Crippen LogP contribution in [0.2, 0.25) is 0 Å². The van der Waals surface area contributed by atoms with Crippen molar-refractivity contribution in [3.8, 4) is 5.75 Å². The smallest absolute Gasteiger partial charge is 0.337 e. The fourth-order valence-electron chi connectivity index (χ4n) is 1.33. The molecule has 0 bridgehead atoms. The van der Waals surface area contributed by atoms with Gasteiger partial charge in [0.15, 0.2) is 5.11 Å². The summed E-state index contributed by atoms with van der Waals surface area (Å²) in [5.74, 6) is 0.101. The molecule has 3 N–H and O–H groups in total. The number of methoxy groups -OCH3 is 1. The first kappa shape index (κ1) is 14.9. The maximum Gasteiger partial charge on any atom is 0.337 e. The lowest BCUT2D eigenvalue weighted by atomic mass is 10.1. The van der Waals surface area contributed by atoms with E-state index < -0.39 is 5.97 Å². The molecule has 7 heteroatoms. The molecule has 0 atom stereocenters. The van der Waals surface area contributed by atoms with Crippen LogP contribution in [0.25, 0.3) is 0 Å². The quantitative estimate of drug-likeness (QED) is 0.363. The standard InChI is InChI=1S/C12H15N3O3S/c1-3-18-10-6-8(11(16)17-2)4-5-9(10)7-14-15-12(13)19/h4-7H,3H2,1-2H3,(H3,13,15,19). The molecule has 102 valence electrons. The van der Waals surface area contributed by atoms with E-state index in [4.69, 9.17) is 10.5 Å². The van der Waals surface area contributed by atoms with Crippen molar-refractivity contribution in [3.05, 3.63) is 29.3 Å². The van der Waals surface area contributed by atoms with Crippen LogP contribution in [0.1, 0.15) is 22.8 Å². The van der Waals surface area contributed by atoms with E-state index in [0.29, 0.717) is 23.5 Å². The maximum atomic E-state index is 11.4. The molecular weight excluding hydrogens is 266 g/mol. The Hall–Kier alpha value is -2.15. The van der Waals surface area contributed by atoms with Crippen molar-refractivity contribution in [1.82, 2.24) is 5.43 Å². The van der Waals surface area contributed by atoms with Crippen molar-refractivity contribution >= 4 is 29.5 Å². The number of esters is 1. The number of hydrazone groups is 1. The van der Waals surface area contributed by atoms with E-state index in [-0.39, 0.29) is 5.11 Å². The lowest BCUT2D eigenvalue weighted by molar-refractivity contribution is 0.0600. The molecule has 1 rings (SSSR count). The highest BCUT2D eigenvalue weighted by molar-refractivity contribution is 7.80. The van der Waals surface area contributed by atoms with Crippen molar-refractivity contribution in [2.75, 3.05) is 13.7 Å². The maximum absolute atomic E-state index is 11.4. The number of carbonyl (C=O) groups is 1. The van der Waals surface area contributed by atoms with E-state index in [0.717, 1.165) is 0 Å². The van der Waals surface area contributed by atoms with E-state index in [2.05, 4.69) is 27.5 Å². The van der Waals surface area contributed by atoms with Crippen LogP contribution in [-0.2, 0) is 4.74 Å². The Balaban J connectivity index is 3.00. The minimum absolute atomic E-state index is 0.0698. The molecule has 0 radical (unpaired) electrons. The van der Waals surface area contributed by atoms with Gasteiger partial charge in [-0.3, -0.25) is 5.43 Å². The van der Waals surface area contributed by atoms with Gasteiger partial charge in [-0.15, -0.1) is 0 Å². The summed E-state index contributed by atoms with van der Waals surface area (Å²) in [6.45, 7) is 2.31. The van der Waals surface area contributed by atoms with Gasteiger partial charge in [0.05, 0.1) is 25.5 Å². The Bertz CT molecular complexity index is 503. The van der Waals surface area contributed by atoms with Crippen molar-refractivity contribution in [1.29, 1.82) is 0 Å². The molecule has 0 amide bonds. The predicted octanol–water partition coefficient (Wildman–Crippen LogP) is 1.04. The van der Waals surface area contributed by atoms with Gasteiger partial charge in [0.25, 0.3) is 0 Å². The van der Waals surface area contributed by atoms with Crippen LogP contribution in [0.4, 0.5) is 0 Å². The average molecular weight is 281 g/mol. The van der Waals surface area contributed by atoms with Crippen LogP contribution in [-0.4, -0.2) is 31.0 Å². The second kappa shape index (κ2) is 7.32. The van der Waals surface area contributed by atoms with E-state index in [1.54, 1.807) is 18.2 Å². The zero-order valence-corrected chi connectivity index (χ0v) is 11.5. The summed E-state index contributed by atoms with van der Waals surface area (Å²) >= 11 is 4.63. The summed E-state index contributed by atoms with van der Waals surface area (Å²) in [6.07, 6.45) is 1.51.